The van der Waals surface area contributed by atoms with Crippen LogP contribution in [-0.2, 0) is 6.54 Å². The minimum Gasteiger partial charge on any atom is -0.395 e. The molecular formula is C11H16FNO. The fourth-order valence-corrected chi connectivity index (χ4v) is 1.19. The predicted molar refractivity (Wildman–Crippen MR) is 54.4 cm³/mol. The van der Waals surface area contributed by atoms with Crippen LogP contribution in [0.3, 0.4) is 0 Å². The molecule has 1 rings (SSSR count). The van der Waals surface area contributed by atoms with Crippen LogP contribution in [0.5, 0.6) is 0 Å². The van der Waals surface area contributed by atoms with Crippen LogP contribution in [0.2, 0.25) is 0 Å². The van der Waals surface area contributed by atoms with E-state index in [2.05, 4.69) is 0 Å². The number of nitrogens with zero attached hydrogens (tertiary/aromatic N) is 1. The largest absolute Gasteiger partial charge is 0.395 e. The van der Waals surface area contributed by atoms with Gasteiger partial charge in [-0.3, -0.25) is 4.90 Å². The van der Waals surface area contributed by atoms with Crippen LogP contribution in [0.15, 0.2) is 24.3 Å². The lowest BCUT2D eigenvalue weighted by molar-refractivity contribution is 0.153. The van der Waals surface area contributed by atoms with Crippen LogP contribution < -0.4 is 0 Å². The van der Waals surface area contributed by atoms with Gasteiger partial charge < -0.3 is 5.11 Å². The van der Waals surface area contributed by atoms with E-state index in [1.165, 1.54) is 6.07 Å². The van der Waals surface area contributed by atoms with E-state index in [0.717, 1.165) is 0 Å². The van der Waals surface area contributed by atoms with Crippen LogP contribution in [0, 0.1) is 5.82 Å². The first-order valence-corrected chi connectivity index (χ1v) is 4.69. The van der Waals surface area contributed by atoms with E-state index in [1.54, 1.807) is 12.1 Å². The zero-order valence-electron chi connectivity index (χ0n) is 8.57. The van der Waals surface area contributed by atoms with Crippen molar-refractivity contribution in [3.05, 3.63) is 35.6 Å². The van der Waals surface area contributed by atoms with Gasteiger partial charge in [0.25, 0.3) is 0 Å². The summed E-state index contributed by atoms with van der Waals surface area (Å²) in [5, 5.41) is 8.92. The van der Waals surface area contributed by atoms with E-state index in [4.69, 9.17) is 5.11 Å². The molecule has 0 spiro atoms. The first-order valence-electron chi connectivity index (χ1n) is 4.69. The molecule has 0 fully saturated rings. The number of hydrogen-bond acceptors (Lipinski definition) is 2. The highest BCUT2D eigenvalue weighted by molar-refractivity contribution is 5.17. The van der Waals surface area contributed by atoms with Crippen molar-refractivity contribution < 1.29 is 9.50 Å². The molecule has 0 aromatic heterocycles. The summed E-state index contributed by atoms with van der Waals surface area (Å²) in [4.78, 5) is 1.92. The maximum Gasteiger partial charge on any atom is 0.127 e. The van der Waals surface area contributed by atoms with E-state index >= 15 is 0 Å². The second-order valence-electron chi connectivity index (χ2n) is 3.54. The summed E-state index contributed by atoms with van der Waals surface area (Å²) in [6.45, 7) is 2.51. The highest BCUT2D eigenvalue weighted by atomic mass is 19.1. The van der Waals surface area contributed by atoms with Gasteiger partial charge in [-0.2, -0.15) is 0 Å². The monoisotopic (exact) mass is 197 g/mol. The van der Waals surface area contributed by atoms with Crippen LogP contribution >= 0.6 is 0 Å². The van der Waals surface area contributed by atoms with Crippen molar-refractivity contribution in [2.75, 3.05) is 13.7 Å². The molecule has 0 aliphatic heterocycles. The highest BCUT2D eigenvalue weighted by Gasteiger charge is 2.09. The molecule has 0 aliphatic carbocycles. The van der Waals surface area contributed by atoms with Crippen molar-refractivity contribution in [3.63, 3.8) is 0 Å². The SMILES string of the molecule is CC(CO)N(C)Cc1ccccc1F. The van der Waals surface area contributed by atoms with E-state index in [0.29, 0.717) is 12.1 Å². The number of halogens is 1. The second-order valence-corrected chi connectivity index (χ2v) is 3.54. The van der Waals surface area contributed by atoms with Gasteiger partial charge in [-0.25, -0.2) is 4.39 Å². The molecule has 0 aliphatic rings. The Balaban J connectivity index is 2.64. The molecule has 1 N–H and O–H groups in total. The quantitative estimate of drug-likeness (QED) is 0.793. The third kappa shape index (κ3) is 2.79. The van der Waals surface area contributed by atoms with Crippen molar-refractivity contribution in [1.82, 2.24) is 4.90 Å². The van der Waals surface area contributed by atoms with E-state index in [9.17, 15) is 4.39 Å². The summed E-state index contributed by atoms with van der Waals surface area (Å²) >= 11 is 0. The molecular weight excluding hydrogens is 181 g/mol. The van der Waals surface area contributed by atoms with Crippen molar-refractivity contribution in [2.45, 2.75) is 19.5 Å². The topological polar surface area (TPSA) is 23.5 Å². The molecule has 78 valence electrons. The van der Waals surface area contributed by atoms with Gasteiger partial charge in [-0.1, -0.05) is 18.2 Å². The van der Waals surface area contributed by atoms with Gasteiger partial charge in [0.05, 0.1) is 6.61 Å². The fraction of sp³-hybridized carbons (Fsp3) is 0.455. The van der Waals surface area contributed by atoms with Gasteiger partial charge in [-0.15, -0.1) is 0 Å². The minimum atomic E-state index is -0.190. The van der Waals surface area contributed by atoms with Crippen LogP contribution in [0.1, 0.15) is 12.5 Å². The third-order valence-electron chi connectivity index (χ3n) is 2.39. The fourth-order valence-electron chi connectivity index (χ4n) is 1.19. The average Bonchev–Trinajstić information content (AvgIpc) is 2.20. The highest BCUT2D eigenvalue weighted by Crippen LogP contribution is 2.10. The first kappa shape index (κ1) is 11.1. The zero-order valence-corrected chi connectivity index (χ0v) is 8.57. The Hall–Kier alpha value is -0.930. The number of aliphatic hydroxyl groups excluding tert-OH is 1. The Bertz CT molecular complexity index is 290. The normalized spacial score (nSPS) is 13.2. The summed E-state index contributed by atoms with van der Waals surface area (Å²) in [7, 11) is 1.87. The number of benzene rings is 1. The smallest absolute Gasteiger partial charge is 0.127 e. The molecule has 1 aromatic carbocycles. The summed E-state index contributed by atoms with van der Waals surface area (Å²) in [5.74, 6) is -0.190. The second kappa shape index (κ2) is 5.08. The van der Waals surface area contributed by atoms with Crippen LogP contribution in [0.25, 0.3) is 0 Å². The molecule has 14 heavy (non-hydrogen) atoms. The third-order valence-corrected chi connectivity index (χ3v) is 2.39. The van der Waals surface area contributed by atoms with Crippen molar-refractivity contribution in [3.8, 4) is 0 Å². The minimum absolute atomic E-state index is 0.0506. The standard InChI is InChI=1S/C11H16FNO/c1-9(8-14)13(2)7-10-5-3-4-6-11(10)12/h3-6,9,14H,7-8H2,1-2H3. The maximum atomic E-state index is 13.2. The molecule has 1 aromatic rings. The lowest BCUT2D eigenvalue weighted by Gasteiger charge is -2.22. The zero-order chi connectivity index (χ0) is 10.6. The van der Waals surface area contributed by atoms with E-state index in [-0.39, 0.29) is 18.5 Å². The Labute approximate surface area is 84.0 Å². The Kier molecular flexibility index (Phi) is 4.04. The molecule has 2 nitrogen and oxygen atoms in total. The lowest BCUT2D eigenvalue weighted by Crippen LogP contribution is -2.31. The van der Waals surface area contributed by atoms with Gasteiger partial charge in [0.1, 0.15) is 5.82 Å². The van der Waals surface area contributed by atoms with Crippen LogP contribution in [-0.4, -0.2) is 29.7 Å². The number of likely N-dealkylation sites (N-methyl/N-ethyl adjacent to an activating group) is 1. The van der Waals surface area contributed by atoms with Gasteiger partial charge in [0, 0.05) is 18.2 Å². The molecule has 1 unspecified atom stereocenters. The summed E-state index contributed by atoms with van der Waals surface area (Å²) in [5.41, 5.74) is 0.662. The molecule has 3 heteroatoms. The average molecular weight is 197 g/mol. The Morgan fingerprint density at radius 3 is 2.64 bits per heavy atom. The lowest BCUT2D eigenvalue weighted by atomic mass is 10.2. The van der Waals surface area contributed by atoms with Gasteiger partial charge in [0.15, 0.2) is 0 Å². The summed E-state index contributed by atoms with van der Waals surface area (Å²) < 4.78 is 13.2. The summed E-state index contributed by atoms with van der Waals surface area (Å²) in [6.07, 6.45) is 0. The molecule has 0 bridgehead atoms. The molecule has 0 amide bonds. The Morgan fingerprint density at radius 1 is 1.43 bits per heavy atom. The number of rotatable bonds is 4. The number of hydrogen-bond donors (Lipinski definition) is 1. The van der Waals surface area contributed by atoms with Crippen molar-refractivity contribution in [1.29, 1.82) is 0 Å². The predicted octanol–water partition coefficient (Wildman–Crippen LogP) is 1.64. The van der Waals surface area contributed by atoms with Gasteiger partial charge >= 0.3 is 0 Å². The van der Waals surface area contributed by atoms with E-state index < -0.39 is 0 Å². The van der Waals surface area contributed by atoms with Gasteiger partial charge in [0.2, 0.25) is 0 Å². The summed E-state index contributed by atoms with van der Waals surface area (Å²) in [6, 6.07) is 6.75. The molecule has 0 saturated carbocycles. The van der Waals surface area contributed by atoms with Crippen molar-refractivity contribution in [2.24, 2.45) is 0 Å². The first-order chi connectivity index (χ1) is 6.65. The molecule has 0 heterocycles. The molecule has 1 atom stereocenters. The Morgan fingerprint density at radius 2 is 2.07 bits per heavy atom. The number of aliphatic hydroxyl groups is 1. The van der Waals surface area contributed by atoms with E-state index in [1.807, 2.05) is 24.9 Å². The molecule has 0 saturated heterocycles. The van der Waals surface area contributed by atoms with Gasteiger partial charge in [-0.05, 0) is 20.0 Å². The van der Waals surface area contributed by atoms with Crippen molar-refractivity contribution >= 4 is 0 Å². The molecule has 0 radical (unpaired) electrons. The maximum absolute atomic E-state index is 13.2. The van der Waals surface area contributed by atoms with Crippen LogP contribution in [0.4, 0.5) is 4.39 Å².